The van der Waals surface area contributed by atoms with Crippen LogP contribution in [0.5, 0.6) is 0 Å². The van der Waals surface area contributed by atoms with E-state index in [0.717, 1.165) is 13.0 Å². The molecule has 1 aliphatic heterocycles. The molecule has 102 valence electrons. The van der Waals surface area contributed by atoms with Crippen molar-refractivity contribution in [1.29, 1.82) is 0 Å². The predicted octanol–water partition coefficient (Wildman–Crippen LogP) is 2.77. The molecule has 1 heterocycles. The Kier molecular flexibility index (Phi) is 4.74. The number of rotatable bonds is 5. The van der Waals surface area contributed by atoms with Gasteiger partial charge in [0.25, 0.3) is 5.91 Å². The van der Waals surface area contributed by atoms with Gasteiger partial charge in [0.05, 0.1) is 6.61 Å². The molecule has 1 atom stereocenters. The lowest BCUT2D eigenvalue weighted by Gasteiger charge is -2.16. The van der Waals surface area contributed by atoms with Gasteiger partial charge in [-0.25, -0.2) is 0 Å². The Hall–Kier alpha value is -1.61. The third-order valence-electron chi connectivity index (χ3n) is 3.25. The van der Waals surface area contributed by atoms with E-state index in [9.17, 15) is 4.79 Å². The van der Waals surface area contributed by atoms with E-state index in [1.807, 2.05) is 55.2 Å². The van der Waals surface area contributed by atoms with Crippen LogP contribution in [0.25, 0.3) is 0 Å². The second kappa shape index (κ2) is 6.53. The monoisotopic (exact) mass is 259 g/mol. The van der Waals surface area contributed by atoms with Gasteiger partial charge in [-0.15, -0.1) is 0 Å². The largest absolute Gasteiger partial charge is 0.364 e. The van der Waals surface area contributed by atoms with Gasteiger partial charge < -0.3 is 9.64 Å². The molecule has 0 aromatic heterocycles. The first kappa shape index (κ1) is 13.8. The van der Waals surface area contributed by atoms with E-state index in [0.29, 0.717) is 13.2 Å². The number of amides is 1. The normalized spacial score (nSPS) is 18.7. The van der Waals surface area contributed by atoms with Crippen LogP contribution in [0, 0.1) is 0 Å². The minimum absolute atomic E-state index is 0.117. The number of allylic oxidation sites excluding steroid dienone is 1. The van der Waals surface area contributed by atoms with E-state index in [2.05, 4.69) is 0 Å². The first-order valence-electron chi connectivity index (χ1n) is 6.74. The molecule has 19 heavy (non-hydrogen) atoms. The number of nitrogens with zero attached hydrogens (tertiary/aromatic N) is 1. The second-order valence-corrected chi connectivity index (χ2v) is 5.14. The molecule has 0 N–H and O–H groups in total. The van der Waals surface area contributed by atoms with Crippen molar-refractivity contribution in [2.75, 3.05) is 13.2 Å². The van der Waals surface area contributed by atoms with Crippen LogP contribution in [0.1, 0.15) is 25.8 Å². The molecule has 1 aliphatic rings. The fraction of sp³-hybridized carbons (Fsp3) is 0.438. The number of carbonyl (C=O) groups excluding carboxylic acids is 1. The summed E-state index contributed by atoms with van der Waals surface area (Å²) in [6.07, 6.45) is 2.54. The van der Waals surface area contributed by atoms with Crippen molar-refractivity contribution in [3.05, 3.63) is 47.5 Å². The van der Waals surface area contributed by atoms with Crippen LogP contribution >= 0.6 is 0 Å². The van der Waals surface area contributed by atoms with Crippen LogP contribution in [0.4, 0.5) is 0 Å². The summed E-state index contributed by atoms with van der Waals surface area (Å²) in [6.45, 7) is 6.05. The van der Waals surface area contributed by atoms with Crippen LogP contribution in [0.3, 0.4) is 0 Å². The molecule has 1 aromatic rings. The summed E-state index contributed by atoms with van der Waals surface area (Å²) < 4.78 is 5.63. The van der Waals surface area contributed by atoms with Crippen LogP contribution < -0.4 is 0 Å². The van der Waals surface area contributed by atoms with Crippen LogP contribution in [-0.2, 0) is 16.1 Å². The Balaban J connectivity index is 1.86. The zero-order valence-corrected chi connectivity index (χ0v) is 11.6. The highest BCUT2D eigenvalue weighted by atomic mass is 16.5. The minimum atomic E-state index is -0.265. The highest BCUT2D eigenvalue weighted by molar-refractivity contribution is 5.83. The van der Waals surface area contributed by atoms with E-state index in [4.69, 9.17) is 4.74 Å². The van der Waals surface area contributed by atoms with Crippen LogP contribution in [-0.4, -0.2) is 30.1 Å². The molecule has 1 unspecified atom stereocenters. The maximum Gasteiger partial charge on any atom is 0.252 e. The molecule has 1 fully saturated rings. The summed E-state index contributed by atoms with van der Waals surface area (Å²) in [7, 11) is 0. The SMILES string of the molecule is CC(C)=CCOC1CCN(Cc2ccccc2)C1=O. The summed E-state index contributed by atoms with van der Waals surface area (Å²) in [6, 6.07) is 10.1. The van der Waals surface area contributed by atoms with Crippen molar-refractivity contribution in [3.8, 4) is 0 Å². The molecule has 1 saturated heterocycles. The maximum absolute atomic E-state index is 12.2. The number of ether oxygens (including phenoxy) is 1. The molecule has 0 spiro atoms. The van der Waals surface area contributed by atoms with Gasteiger partial charge in [0, 0.05) is 19.5 Å². The van der Waals surface area contributed by atoms with Gasteiger partial charge in [0.1, 0.15) is 6.10 Å². The molecule has 0 saturated carbocycles. The highest BCUT2D eigenvalue weighted by Crippen LogP contribution is 2.17. The van der Waals surface area contributed by atoms with Crippen LogP contribution in [0.15, 0.2) is 42.0 Å². The molecule has 1 aromatic carbocycles. The number of hydrogen-bond acceptors (Lipinski definition) is 2. The molecule has 3 heteroatoms. The Bertz CT molecular complexity index is 449. The zero-order chi connectivity index (χ0) is 13.7. The van der Waals surface area contributed by atoms with Crippen molar-refractivity contribution in [3.63, 3.8) is 0 Å². The summed E-state index contributed by atoms with van der Waals surface area (Å²) in [5.74, 6) is 0.117. The molecule has 2 rings (SSSR count). The van der Waals surface area contributed by atoms with Crippen molar-refractivity contribution in [2.45, 2.75) is 32.9 Å². The summed E-state index contributed by atoms with van der Waals surface area (Å²) in [5.41, 5.74) is 2.38. The molecular formula is C16H21NO2. The quantitative estimate of drug-likeness (QED) is 0.761. The van der Waals surface area contributed by atoms with E-state index >= 15 is 0 Å². The Labute approximate surface area is 114 Å². The zero-order valence-electron chi connectivity index (χ0n) is 11.6. The first-order valence-corrected chi connectivity index (χ1v) is 6.74. The lowest BCUT2D eigenvalue weighted by Crippen LogP contribution is -2.30. The molecule has 1 amide bonds. The van der Waals surface area contributed by atoms with Gasteiger partial charge in [0.15, 0.2) is 0 Å². The minimum Gasteiger partial charge on any atom is -0.364 e. The van der Waals surface area contributed by atoms with Crippen molar-refractivity contribution >= 4 is 5.91 Å². The molecule has 0 radical (unpaired) electrons. The lowest BCUT2D eigenvalue weighted by molar-refractivity contribution is -0.137. The van der Waals surface area contributed by atoms with E-state index < -0.39 is 0 Å². The topological polar surface area (TPSA) is 29.5 Å². The number of hydrogen-bond donors (Lipinski definition) is 0. The first-order chi connectivity index (χ1) is 9.16. The molecule has 0 aliphatic carbocycles. The van der Waals surface area contributed by atoms with Crippen molar-refractivity contribution in [1.82, 2.24) is 4.90 Å². The third kappa shape index (κ3) is 3.93. The molecule has 0 bridgehead atoms. The predicted molar refractivity (Wildman–Crippen MR) is 75.6 cm³/mol. The van der Waals surface area contributed by atoms with Gasteiger partial charge in [0.2, 0.25) is 0 Å². The number of likely N-dealkylation sites (tertiary alicyclic amines) is 1. The van der Waals surface area contributed by atoms with Crippen LogP contribution in [0.2, 0.25) is 0 Å². The van der Waals surface area contributed by atoms with E-state index in [1.54, 1.807) is 0 Å². The smallest absolute Gasteiger partial charge is 0.252 e. The fourth-order valence-electron chi connectivity index (χ4n) is 2.16. The average molecular weight is 259 g/mol. The van der Waals surface area contributed by atoms with Gasteiger partial charge in [-0.1, -0.05) is 42.0 Å². The van der Waals surface area contributed by atoms with Crippen molar-refractivity contribution < 1.29 is 9.53 Å². The lowest BCUT2D eigenvalue weighted by atomic mass is 10.2. The molecular weight excluding hydrogens is 238 g/mol. The Morgan fingerprint density at radius 3 is 2.79 bits per heavy atom. The standard InChI is InChI=1S/C16H21NO2/c1-13(2)9-11-19-15-8-10-17(16(15)18)12-14-6-4-3-5-7-14/h3-7,9,15H,8,10-12H2,1-2H3. The van der Waals surface area contributed by atoms with Gasteiger partial charge in [-0.2, -0.15) is 0 Å². The summed E-state index contributed by atoms with van der Waals surface area (Å²) in [4.78, 5) is 14.0. The Morgan fingerprint density at radius 1 is 1.37 bits per heavy atom. The third-order valence-corrected chi connectivity index (χ3v) is 3.25. The Morgan fingerprint density at radius 2 is 2.11 bits per heavy atom. The average Bonchev–Trinajstić information content (AvgIpc) is 2.72. The van der Waals surface area contributed by atoms with E-state index in [-0.39, 0.29) is 12.0 Å². The highest BCUT2D eigenvalue weighted by Gasteiger charge is 2.31. The second-order valence-electron chi connectivity index (χ2n) is 5.14. The van der Waals surface area contributed by atoms with Crippen molar-refractivity contribution in [2.24, 2.45) is 0 Å². The van der Waals surface area contributed by atoms with Gasteiger partial charge >= 0.3 is 0 Å². The number of carbonyl (C=O) groups is 1. The van der Waals surface area contributed by atoms with E-state index in [1.165, 1.54) is 11.1 Å². The fourth-order valence-corrected chi connectivity index (χ4v) is 2.16. The number of benzene rings is 1. The summed E-state index contributed by atoms with van der Waals surface area (Å²) in [5, 5.41) is 0. The summed E-state index contributed by atoms with van der Waals surface area (Å²) >= 11 is 0. The maximum atomic E-state index is 12.2. The van der Waals surface area contributed by atoms with Gasteiger partial charge in [-0.05, 0) is 19.4 Å². The van der Waals surface area contributed by atoms with Gasteiger partial charge in [-0.3, -0.25) is 4.79 Å². The molecule has 3 nitrogen and oxygen atoms in total.